The van der Waals surface area contributed by atoms with Crippen molar-refractivity contribution in [3.05, 3.63) is 287 Å². The first-order valence-electron chi connectivity index (χ1n) is 29.7. The van der Waals surface area contributed by atoms with E-state index in [1.807, 2.05) is 146 Å². The Hall–Kier alpha value is -9.32. The number of carbonyl (C=O) groups is 5. The number of aliphatic hydroxyl groups excluding tert-OH is 1. The van der Waals surface area contributed by atoms with Crippen molar-refractivity contribution in [2.75, 3.05) is 59.1 Å². The zero-order valence-electron chi connectivity index (χ0n) is 50.9. The number of nitrogens with one attached hydrogen (secondary N) is 1. The Morgan fingerprint density at radius 2 is 0.742 bits per heavy atom. The van der Waals surface area contributed by atoms with Gasteiger partial charge in [0.1, 0.15) is 26.4 Å². The molecule has 0 bridgehead atoms. The number of hydrogen-bond acceptors (Lipinski definition) is 12. The lowest BCUT2D eigenvalue weighted by atomic mass is 9.88. The summed E-state index contributed by atoms with van der Waals surface area (Å²) in [4.78, 5) is 72.2. The normalized spacial score (nSPS) is 10.4. The van der Waals surface area contributed by atoms with Crippen molar-refractivity contribution >= 4 is 71.2 Å². The molecule has 0 radical (unpaired) electrons. The molecule has 0 heterocycles. The minimum absolute atomic E-state index is 0. The number of alkyl halides is 3. The average Bonchev–Trinajstić information content (AvgIpc) is 1.00. The second-order valence-electron chi connectivity index (χ2n) is 20.4. The summed E-state index contributed by atoms with van der Waals surface area (Å²) >= 11 is 14.9. The number of nitrogens with two attached hydrogens (primary N) is 2. The third kappa shape index (κ3) is 30.1. The van der Waals surface area contributed by atoms with Gasteiger partial charge in [0.25, 0.3) is 3.79 Å². The molecular formula is C73H81Cl3N6O11. The van der Waals surface area contributed by atoms with Crippen LogP contribution in [-0.2, 0) is 41.8 Å². The molecular weight excluding hydrogens is 1240 g/mol. The third-order valence-electron chi connectivity index (χ3n) is 14.0. The summed E-state index contributed by atoms with van der Waals surface area (Å²) in [6.07, 6.45) is 0.901. The predicted molar refractivity (Wildman–Crippen MR) is 366 cm³/mol. The van der Waals surface area contributed by atoms with Crippen molar-refractivity contribution in [3.63, 3.8) is 0 Å². The molecule has 6 N–H and O–H groups in total. The first-order valence-corrected chi connectivity index (χ1v) is 30.9. The van der Waals surface area contributed by atoms with Gasteiger partial charge in [-0.15, -0.1) is 4.99 Å². The van der Waals surface area contributed by atoms with E-state index in [2.05, 4.69) is 107 Å². The van der Waals surface area contributed by atoms with E-state index in [9.17, 15) is 33.9 Å². The van der Waals surface area contributed by atoms with E-state index in [0.717, 1.165) is 36.6 Å². The van der Waals surface area contributed by atoms with Crippen molar-refractivity contribution < 1.29 is 52.8 Å². The van der Waals surface area contributed by atoms with E-state index < -0.39 is 34.1 Å². The van der Waals surface area contributed by atoms with Gasteiger partial charge in [-0.3, -0.25) is 4.79 Å². The number of primary amides is 2. The number of benzene rings is 8. The highest BCUT2D eigenvalue weighted by molar-refractivity contribution is 6.76. The van der Waals surface area contributed by atoms with Crippen LogP contribution in [0.2, 0.25) is 0 Å². The summed E-state index contributed by atoms with van der Waals surface area (Å²) in [6, 6.07) is 81.0. The molecule has 8 aromatic rings. The smallest absolute Gasteiger partial charge is 0.410 e. The van der Waals surface area contributed by atoms with Crippen LogP contribution in [0.15, 0.2) is 248 Å². The molecule has 20 heteroatoms. The molecule has 0 fully saturated rings. The zero-order chi connectivity index (χ0) is 66.0. The highest BCUT2D eigenvalue weighted by Gasteiger charge is 2.30. The summed E-state index contributed by atoms with van der Waals surface area (Å²) < 4.78 is 18.4. The number of amides is 5. The van der Waals surface area contributed by atoms with Crippen LogP contribution in [0.3, 0.4) is 0 Å². The fourth-order valence-electron chi connectivity index (χ4n) is 9.55. The van der Waals surface area contributed by atoms with Gasteiger partial charge >= 0.3 is 30.3 Å². The largest absolute Gasteiger partial charge is 0.448 e. The number of nitrogens with zero attached hydrogens (tertiary/aromatic N) is 3. The van der Waals surface area contributed by atoms with Crippen LogP contribution in [0.25, 0.3) is 0 Å². The fourth-order valence-corrected chi connectivity index (χ4v) is 9.67. The number of hydrogen-bond donors (Lipinski definition) is 4. The number of aliphatic imine (C=N–C) groups is 1. The van der Waals surface area contributed by atoms with Gasteiger partial charge in [-0.25, -0.2) is 24.0 Å². The van der Waals surface area contributed by atoms with Gasteiger partial charge in [-0.2, -0.15) is 0 Å². The van der Waals surface area contributed by atoms with E-state index in [-0.39, 0.29) is 58.8 Å². The number of rotatable bonds is 27. The highest BCUT2D eigenvalue weighted by Crippen LogP contribution is 2.31. The van der Waals surface area contributed by atoms with E-state index in [0.29, 0.717) is 38.6 Å². The van der Waals surface area contributed by atoms with Gasteiger partial charge in [-0.1, -0.05) is 285 Å². The van der Waals surface area contributed by atoms with Gasteiger partial charge < -0.3 is 50.6 Å². The van der Waals surface area contributed by atoms with E-state index in [1.165, 1.54) is 33.4 Å². The topological polar surface area (TPSA) is 242 Å². The van der Waals surface area contributed by atoms with E-state index in [4.69, 9.17) is 65.2 Å². The first kappa shape index (κ1) is 76.1. The Morgan fingerprint density at radius 3 is 1.03 bits per heavy atom. The summed E-state index contributed by atoms with van der Waals surface area (Å²) in [5, 5.41) is 12.7. The number of isocyanates is 1. The fraction of sp³-hybridized carbons (Fsp3) is 0.260. The molecule has 0 saturated carbocycles. The van der Waals surface area contributed by atoms with E-state index >= 15 is 0 Å². The number of aliphatic hydroxyl groups is 1. The number of carbonyl (C=O) groups excluding carboxylic acids is 6. The Kier molecular flexibility index (Phi) is 36.2. The molecule has 8 rings (SSSR count). The van der Waals surface area contributed by atoms with Crippen LogP contribution >= 0.6 is 34.8 Å². The van der Waals surface area contributed by atoms with Crippen molar-refractivity contribution in [3.8, 4) is 0 Å². The monoisotopic (exact) mass is 1320 g/mol. The highest BCUT2D eigenvalue weighted by atomic mass is 35.6. The molecule has 93 heavy (non-hydrogen) atoms. The standard InChI is InChI=1S/C26H28N2O4.C25H27NO3.C18H22N2O2.C3Cl3NO2.CH4/c27-25(29)31-19-18-28(26(30)32-20-21-10-4-1-5-11-21)17-16-24(22-12-6-2-7-13-22)23-14-8-3-9-15-23;27-19-18-26(25(28)29-20-21-10-4-1-5-11-21)17-16-24(22-12-6-2-7-13-22)23-14-8-3-9-15-23;19-18(21)22-14-13-20-12-11-17(15-7-3-1-4-8-15)16-9-5-2-6-10-16;4-3(5,6)2(9)7-1-8;/h1-15,24H,16-20H2,(H2,27,29);1-15,24,27H,16-20H2;1-10,17,20H,11-14H2,(H2,19,21);;1H4. The Morgan fingerprint density at radius 1 is 0.441 bits per heavy atom. The maximum atomic E-state index is 12.8. The van der Waals surface area contributed by atoms with Crippen LogP contribution in [0.1, 0.15) is 89.0 Å². The molecule has 0 unspecified atom stereocenters. The molecule has 0 aromatic heterocycles. The van der Waals surface area contributed by atoms with Crippen LogP contribution < -0.4 is 16.8 Å². The number of halogens is 3. The molecule has 0 aliphatic rings. The van der Waals surface area contributed by atoms with E-state index in [1.54, 1.807) is 9.80 Å². The van der Waals surface area contributed by atoms with Crippen molar-refractivity contribution in [2.24, 2.45) is 16.5 Å². The van der Waals surface area contributed by atoms with Crippen LogP contribution in [0.5, 0.6) is 0 Å². The third-order valence-corrected chi connectivity index (χ3v) is 14.5. The predicted octanol–water partition coefficient (Wildman–Crippen LogP) is 14.5. The van der Waals surface area contributed by atoms with Crippen molar-refractivity contribution in [2.45, 2.75) is 61.4 Å². The second kappa shape index (κ2) is 44.2. The summed E-state index contributed by atoms with van der Waals surface area (Å²) in [5.41, 5.74) is 19.2. The SMILES string of the molecule is C.NC(=O)OCCN(CCC(c1ccccc1)c1ccccc1)C(=O)OCc1ccccc1.NC(=O)OCCNCCC(c1ccccc1)c1ccccc1.O=C(OCc1ccccc1)N(CCO)CCC(c1ccccc1)c1ccccc1.O=C=NC(=O)C(Cl)(Cl)Cl. The molecule has 17 nitrogen and oxygen atoms in total. The lowest BCUT2D eigenvalue weighted by Gasteiger charge is -2.25. The Labute approximate surface area is 560 Å². The van der Waals surface area contributed by atoms with Crippen LogP contribution in [-0.4, -0.2) is 114 Å². The molecule has 0 spiro atoms. The van der Waals surface area contributed by atoms with Gasteiger partial charge in [0.2, 0.25) is 6.08 Å². The minimum atomic E-state index is -2.14. The molecule has 8 aromatic carbocycles. The maximum Gasteiger partial charge on any atom is 0.410 e. The van der Waals surface area contributed by atoms with Gasteiger partial charge in [0, 0.05) is 43.9 Å². The molecule has 0 aliphatic heterocycles. The van der Waals surface area contributed by atoms with Gasteiger partial charge in [0.05, 0.1) is 13.2 Å². The number of ether oxygens (including phenoxy) is 4. The van der Waals surface area contributed by atoms with Crippen LogP contribution in [0, 0.1) is 0 Å². The minimum Gasteiger partial charge on any atom is -0.448 e. The summed E-state index contributed by atoms with van der Waals surface area (Å²) in [7, 11) is 0. The van der Waals surface area contributed by atoms with Crippen molar-refractivity contribution in [1.82, 2.24) is 15.1 Å². The quantitative estimate of drug-likeness (QED) is 0.0124. The Balaban J connectivity index is 0.000000280. The lowest BCUT2D eigenvalue weighted by Crippen LogP contribution is -2.36. The maximum absolute atomic E-state index is 12.8. The summed E-state index contributed by atoms with van der Waals surface area (Å²) in [5.74, 6) is -0.506. The first-order chi connectivity index (χ1) is 44.7. The second-order valence-corrected chi connectivity index (χ2v) is 22.6. The van der Waals surface area contributed by atoms with Gasteiger partial charge in [0.15, 0.2) is 0 Å². The lowest BCUT2D eigenvalue weighted by molar-refractivity contribution is -0.116. The van der Waals surface area contributed by atoms with Crippen molar-refractivity contribution in [1.29, 1.82) is 0 Å². The average molecular weight is 1320 g/mol. The molecule has 0 saturated heterocycles. The molecule has 490 valence electrons. The molecule has 5 amide bonds. The Bertz CT molecular complexity index is 3280. The van der Waals surface area contributed by atoms with Crippen LogP contribution in [0.4, 0.5) is 19.2 Å². The van der Waals surface area contributed by atoms with Gasteiger partial charge in [-0.05, 0) is 70.3 Å². The zero-order valence-corrected chi connectivity index (χ0v) is 53.2. The molecule has 0 atom stereocenters. The molecule has 0 aliphatic carbocycles. The summed E-state index contributed by atoms with van der Waals surface area (Å²) in [6.45, 7) is 3.46.